The zero-order chi connectivity index (χ0) is 16.5. The van der Waals surface area contributed by atoms with Crippen molar-refractivity contribution >= 4 is 21.6 Å². The lowest BCUT2D eigenvalue weighted by molar-refractivity contribution is 0.0919. The van der Waals surface area contributed by atoms with E-state index in [2.05, 4.69) is 5.32 Å². The van der Waals surface area contributed by atoms with Gasteiger partial charge in [-0.1, -0.05) is 0 Å². The van der Waals surface area contributed by atoms with Gasteiger partial charge in [-0.05, 0) is 64.3 Å². The first kappa shape index (κ1) is 16.8. The van der Waals surface area contributed by atoms with Crippen molar-refractivity contribution in [2.45, 2.75) is 46.1 Å². The highest BCUT2D eigenvalue weighted by Gasteiger charge is 2.27. The van der Waals surface area contributed by atoms with Crippen molar-refractivity contribution in [1.29, 1.82) is 0 Å². The van der Waals surface area contributed by atoms with Gasteiger partial charge in [0, 0.05) is 17.6 Å². The third-order valence-corrected chi connectivity index (χ3v) is 5.42. The van der Waals surface area contributed by atoms with E-state index in [1.807, 2.05) is 27.7 Å². The fourth-order valence-electron chi connectivity index (χ4n) is 2.55. The fraction of sp³-hybridized carbons (Fsp3) is 0.562. The molecule has 0 aliphatic carbocycles. The van der Waals surface area contributed by atoms with Crippen molar-refractivity contribution < 1.29 is 13.2 Å². The molecule has 1 N–H and O–H groups in total. The molecule has 1 aromatic carbocycles. The fourth-order valence-corrected chi connectivity index (χ4v) is 4.25. The van der Waals surface area contributed by atoms with Gasteiger partial charge < -0.3 is 5.32 Å². The predicted octanol–water partition coefficient (Wildman–Crippen LogP) is 2.45. The van der Waals surface area contributed by atoms with Crippen molar-refractivity contribution in [2.24, 2.45) is 0 Å². The summed E-state index contributed by atoms with van der Waals surface area (Å²) in [4.78, 5) is 12.2. The molecule has 1 aromatic rings. The highest BCUT2D eigenvalue weighted by atomic mass is 32.2. The molecule has 0 atom stereocenters. The summed E-state index contributed by atoms with van der Waals surface area (Å²) >= 11 is 0. The Morgan fingerprint density at radius 1 is 1.23 bits per heavy atom. The van der Waals surface area contributed by atoms with Crippen LogP contribution in [0.25, 0.3) is 0 Å². The molecule has 6 heteroatoms. The Balaban J connectivity index is 2.29. The molecule has 0 saturated carbocycles. The standard InChI is InChI=1S/C16H24N2O3S/c1-12-11-13(15(19)17-16(2,3)4)7-8-14(12)18-9-5-6-10-22(18,20)21/h7-8,11H,5-6,9-10H2,1-4H3,(H,17,19). The summed E-state index contributed by atoms with van der Waals surface area (Å²) in [6, 6.07) is 5.17. The molecule has 0 unspecified atom stereocenters. The molecule has 0 aromatic heterocycles. The number of carbonyl (C=O) groups excluding carboxylic acids is 1. The summed E-state index contributed by atoms with van der Waals surface area (Å²) in [5.41, 5.74) is 1.71. The van der Waals surface area contributed by atoms with Gasteiger partial charge in [0.2, 0.25) is 10.0 Å². The van der Waals surface area contributed by atoms with E-state index in [1.54, 1.807) is 18.2 Å². The second-order valence-electron chi connectivity index (χ2n) is 6.80. The lowest BCUT2D eigenvalue weighted by Gasteiger charge is -2.29. The van der Waals surface area contributed by atoms with Gasteiger partial charge in [0.1, 0.15) is 0 Å². The van der Waals surface area contributed by atoms with Crippen LogP contribution in [0, 0.1) is 6.92 Å². The normalized spacial score (nSPS) is 18.1. The number of aryl methyl sites for hydroxylation is 1. The van der Waals surface area contributed by atoms with Crippen molar-refractivity contribution in [3.63, 3.8) is 0 Å². The van der Waals surface area contributed by atoms with E-state index < -0.39 is 10.0 Å². The Kier molecular flexibility index (Phi) is 4.52. The summed E-state index contributed by atoms with van der Waals surface area (Å²) in [7, 11) is -3.23. The van der Waals surface area contributed by atoms with Gasteiger partial charge in [-0.15, -0.1) is 0 Å². The molecular formula is C16H24N2O3S. The van der Waals surface area contributed by atoms with Crippen LogP contribution in [-0.4, -0.2) is 32.2 Å². The number of nitrogens with zero attached hydrogens (tertiary/aromatic N) is 1. The molecule has 0 spiro atoms. The molecule has 0 radical (unpaired) electrons. The highest BCUT2D eigenvalue weighted by Crippen LogP contribution is 2.27. The average molecular weight is 324 g/mol. The van der Waals surface area contributed by atoms with Crippen LogP contribution in [0.2, 0.25) is 0 Å². The highest BCUT2D eigenvalue weighted by molar-refractivity contribution is 7.92. The maximum absolute atomic E-state index is 12.2. The summed E-state index contributed by atoms with van der Waals surface area (Å²) in [5.74, 6) is 0.0438. The molecule has 1 saturated heterocycles. The molecule has 1 aliphatic rings. The first-order valence-corrected chi connectivity index (χ1v) is 9.15. The Morgan fingerprint density at radius 2 is 1.91 bits per heavy atom. The molecule has 122 valence electrons. The first-order chi connectivity index (χ1) is 10.1. The number of nitrogens with one attached hydrogen (secondary N) is 1. The van der Waals surface area contributed by atoms with E-state index >= 15 is 0 Å². The number of amides is 1. The van der Waals surface area contributed by atoms with E-state index in [0.717, 1.165) is 12.0 Å². The van der Waals surface area contributed by atoms with Crippen molar-refractivity contribution in [2.75, 3.05) is 16.6 Å². The molecule has 0 bridgehead atoms. The molecule has 1 fully saturated rings. The largest absolute Gasteiger partial charge is 0.347 e. The number of rotatable bonds is 2. The topological polar surface area (TPSA) is 66.5 Å². The molecule has 5 nitrogen and oxygen atoms in total. The third-order valence-electron chi connectivity index (χ3n) is 3.57. The van der Waals surface area contributed by atoms with Crippen molar-refractivity contribution in [3.05, 3.63) is 29.3 Å². The number of hydrogen-bond acceptors (Lipinski definition) is 3. The van der Waals surface area contributed by atoms with Crippen LogP contribution in [0.1, 0.15) is 49.5 Å². The van der Waals surface area contributed by atoms with Crippen molar-refractivity contribution in [1.82, 2.24) is 5.32 Å². The Morgan fingerprint density at radius 3 is 2.45 bits per heavy atom. The van der Waals surface area contributed by atoms with Crippen LogP contribution in [0.4, 0.5) is 5.69 Å². The Bertz CT molecular complexity index is 675. The summed E-state index contributed by atoms with van der Waals surface area (Å²) in [5, 5.41) is 2.91. The van der Waals surface area contributed by atoms with Crippen molar-refractivity contribution in [3.8, 4) is 0 Å². The van der Waals surface area contributed by atoms with Gasteiger partial charge in [-0.25, -0.2) is 8.42 Å². The van der Waals surface area contributed by atoms with Crippen LogP contribution in [0.15, 0.2) is 18.2 Å². The van der Waals surface area contributed by atoms with Gasteiger partial charge >= 0.3 is 0 Å². The average Bonchev–Trinajstić information content (AvgIpc) is 2.37. The number of benzene rings is 1. The maximum Gasteiger partial charge on any atom is 0.251 e. The summed E-state index contributed by atoms with van der Waals surface area (Å²) < 4.78 is 25.8. The molecular weight excluding hydrogens is 300 g/mol. The van der Waals surface area contributed by atoms with E-state index in [1.165, 1.54) is 4.31 Å². The maximum atomic E-state index is 12.2. The van der Waals surface area contributed by atoms with Gasteiger partial charge in [0.25, 0.3) is 5.91 Å². The van der Waals surface area contributed by atoms with E-state index in [9.17, 15) is 13.2 Å². The zero-order valence-corrected chi connectivity index (χ0v) is 14.5. The summed E-state index contributed by atoms with van der Waals surface area (Å²) in [6.45, 7) is 8.12. The lowest BCUT2D eigenvalue weighted by atomic mass is 10.1. The molecule has 1 aliphatic heterocycles. The number of sulfonamides is 1. The second kappa shape index (κ2) is 5.91. The van der Waals surface area contributed by atoms with Gasteiger partial charge in [0.15, 0.2) is 0 Å². The third kappa shape index (κ3) is 3.80. The van der Waals surface area contributed by atoms with E-state index in [4.69, 9.17) is 0 Å². The summed E-state index contributed by atoms with van der Waals surface area (Å²) in [6.07, 6.45) is 1.58. The molecule has 22 heavy (non-hydrogen) atoms. The monoisotopic (exact) mass is 324 g/mol. The zero-order valence-electron chi connectivity index (χ0n) is 13.6. The number of hydrogen-bond donors (Lipinski definition) is 1. The minimum absolute atomic E-state index is 0.149. The van der Waals surface area contributed by atoms with Crippen LogP contribution in [0.5, 0.6) is 0 Å². The Labute approximate surface area is 132 Å². The second-order valence-corrected chi connectivity index (χ2v) is 8.81. The number of carbonyl (C=O) groups is 1. The minimum Gasteiger partial charge on any atom is -0.347 e. The van der Waals surface area contributed by atoms with Crippen LogP contribution < -0.4 is 9.62 Å². The smallest absolute Gasteiger partial charge is 0.251 e. The number of anilines is 1. The predicted molar refractivity (Wildman–Crippen MR) is 88.8 cm³/mol. The van der Waals surface area contributed by atoms with E-state index in [-0.39, 0.29) is 17.2 Å². The van der Waals surface area contributed by atoms with Crippen LogP contribution in [-0.2, 0) is 10.0 Å². The first-order valence-electron chi connectivity index (χ1n) is 7.54. The lowest BCUT2D eigenvalue weighted by Crippen LogP contribution is -2.40. The van der Waals surface area contributed by atoms with E-state index in [0.29, 0.717) is 24.2 Å². The van der Waals surface area contributed by atoms with Gasteiger partial charge in [-0.3, -0.25) is 9.10 Å². The Hall–Kier alpha value is -1.56. The molecule has 2 rings (SSSR count). The molecule has 1 amide bonds. The van der Waals surface area contributed by atoms with Crippen LogP contribution in [0.3, 0.4) is 0 Å². The van der Waals surface area contributed by atoms with Crippen LogP contribution >= 0.6 is 0 Å². The molecule has 1 heterocycles. The quantitative estimate of drug-likeness (QED) is 0.908. The minimum atomic E-state index is -3.23. The van der Waals surface area contributed by atoms with Gasteiger partial charge in [0.05, 0.1) is 11.4 Å². The van der Waals surface area contributed by atoms with Gasteiger partial charge in [-0.2, -0.15) is 0 Å². The SMILES string of the molecule is Cc1cc(C(=O)NC(C)(C)C)ccc1N1CCCCS1(=O)=O.